The van der Waals surface area contributed by atoms with Gasteiger partial charge in [0.2, 0.25) is 11.7 Å². The lowest BCUT2D eigenvalue weighted by atomic mass is 10.2. The van der Waals surface area contributed by atoms with Gasteiger partial charge in [0.25, 0.3) is 0 Å². The Kier molecular flexibility index (Phi) is 3.72. The van der Waals surface area contributed by atoms with E-state index >= 15 is 0 Å². The Hall–Kier alpha value is -1.88. The van der Waals surface area contributed by atoms with Crippen molar-refractivity contribution in [3.8, 4) is 11.4 Å². The molecule has 0 atom stereocenters. The molecule has 5 heteroatoms. The van der Waals surface area contributed by atoms with Gasteiger partial charge in [0, 0.05) is 31.4 Å². The molecule has 2 N–H and O–H groups in total. The van der Waals surface area contributed by atoms with Crippen LogP contribution in [0, 0.1) is 0 Å². The first-order valence-corrected chi connectivity index (χ1v) is 5.47. The van der Waals surface area contributed by atoms with Crippen LogP contribution in [-0.4, -0.2) is 23.9 Å². The number of aryl methyl sites for hydroxylation is 1. The molecule has 2 aromatic rings. The highest BCUT2D eigenvalue weighted by atomic mass is 16.5. The zero-order valence-corrected chi connectivity index (χ0v) is 9.72. The number of nitrogens with zero attached hydrogens (tertiary/aromatic N) is 2. The minimum Gasteiger partial charge on any atom is -0.399 e. The van der Waals surface area contributed by atoms with E-state index in [0.717, 1.165) is 24.1 Å². The molecule has 0 unspecified atom stereocenters. The molecule has 0 amide bonds. The van der Waals surface area contributed by atoms with Crippen molar-refractivity contribution >= 4 is 5.69 Å². The summed E-state index contributed by atoms with van der Waals surface area (Å²) in [5.74, 6) is 1.23. The number of ether oxygens (including phenoxy) is 1. The third kappa shape index (κ3) is 3.04. The van der Waals surface area contributed by atoms with Crippen LogP contribution < -0.4 is 5.73 Å². The lowest BCUT2D eigenvalue weighted by Crippen LogP contribution is -1.92. The van der Waals surface area contributed by atoms with Crippen molar-refractivity contribution in [2.24, 2.45) is 0 Å². The van der Waals surface area contributed by atoms with Crippen molar-refractivity contribution in [3.05, 3.63) is 30.2 Å². The first-order valence-electron chi connectivity index (χ1n) is 5.47. The van der Waals surface area contributed by atoms with E-state index in [1.54, 1.807) is 7.11 Å². The van der Waals surface area contributed by atoms with Gasteiger partial charge in [0.15, 0.2) is 0 Å². The van der Waals surface area contributed by atoms with Crippen molar-refractivity contribution in [2.75, 3.05) is 19.5 Å². The van der Waals surface area contributed by atoms with Gasteiger partial charge in [-0.2, -0.15) is 4.98 Å². The van der Waals surface area contributed by atoms with Crippen LogP contribution in [0.1, 0.15) is 12.3 Å². The molecule has 1 heterocycles. The molecule has 0 fully saturated rings. The molecule has 0 aliphatic rings. The number of nitrogen functional groups attached to an aromatic ring is 1. The third-order valence-electron chi connectivity index (χ3n) is 2.38. The summed E-state index contributed by atoms with van der Waals surface area (Å²) in [6, 6.07) is 7.38. The Bertz CT molecular complexity index is 465. The summed E-state index contributed by atoms with van der Waals surface area (Å²) in [7, 11) is 1.67. The summed E-state index contributed by atoms with van der Waals surface area (Å²) >= 11 is 0. The van der Waals surface area contributed by atoms with E-state index in [-0.39, 0.29) is 0 Å². The molecular weight excluding hydrogens is 218 g/mol. The zero-order chi connectivity index (χ0) is 12.1. The SMILES string of the molecule is COCCCc1nc(-c2ccc(N)cc2)no1. The molecule has 1 aromatic heterocycles. The second-order valence-electron chi connectivity index (χ2n) is 3.73. The number of hydrogen-bond acceptors (Lipinski definition) is 5. The fourth-order valence-corrected chi connectivity index (χ4v) is 1.47. The van der Waals surface area contributed by atoms with Gasteiger partial charge >= 0.3 is 0 Å². The molecule has 90 valence electrons. The van der Waals surface area contributed by atoms with Gasteiger partial charge in [-0.25, -0.2) is 0 Å². The maximum absolute atomic E-state index is 5.61. The molecule has 0 saturated carbocycles. The van der Waals surface area contributed by atoms with Gasteiger partial charge in [-0.15, -0.1) is 0 Å². The Morgan fingerprint density at radius 2 is 2.06 bits per heavy atom. The van der Waals surface area contributed by atoms with Gasteiger partial charge in [-0.1, -0.05) is 5.16 Å². The summed E-state index contributed by atoms with van der Waals surface area (Å²) in [4.78, 5) is 4.31. The largest absolute Gasteiger partial charge is 0.399 e. The second kappa shape index (κ2) is 5.45. The Labute approximate surface area is 99.6 Å². The Morgan fingerprint density at radius 1 is 1.29 bits per heavy atom. The van der Waals surface area contributed by atoms with E-state index in [0.29, 0.717) is 18.3 Å². The number of rotatable bonds is 5. The van der Waals surface area contributed by atoms with Gasteiger partial charge in [-0.3, -0.25) is 0 Å². The maximum Gasteiger partial charge on any atom is 0.227 e. The lowest BCUT2D eigenvalue weighted by molar-refractivity contribution is 0.192. The van der Waals surface area contributed by atoms with E-state index in [9.17, 15) is 0 Å². The van der Waals surface area contributed by atoms with Crippen molar-refractivity contribution in [2.45, 2.75) is 12.8 Å². The molecule has 0 saturated heterocycles. The topological polar surface area (TPSA) is 74.2 Å². The second-order valence-corrected chi connectivity index (χ2v) is 3.73. The fraction of sp³-hybridized carbons (Fsp3) is 0.333. The van der Waals surface area contributed by atoms with Crippen LogP contribution in [0.15, 0.2) is 28.8 Å². The molecule has 17 heavy (non-hydrogen) atoms. The normalized spacial score (nSPS) is 10.6. The van der Waals surface area contributed by atoms with E-state index in [1.165, 1.54) is 0 Å². The Balaban J connectivity index is 2.04. The number of nitrogens with two attached hydrogens (primary N) is 1. The molecule has 0 spiro atoms. The highest BCUT2D eigenvalue weighted by Crippen LogP contribution is 2.17. The summed E-state index contributed by atoms with van der Waals surface area (Å²) in [6.45, 7) is 0.694. The summed E-state index contributed by atoms with van der Waals surface area (Å²) < 4.78 is 10.1. The molecule has 1 aromatic carbocycles. The smallest absolute Gasteiger partial charge is 0.227 e. The van der Waals surface area contributed by atoms with Gasteiger partial charge < -0.3 is 15.0 Å². The van der Waals surface area contributed by atoms with Crippen molar-refractivity contribution in [1.82, 2.24) is 10.1 Å². The molecule has 5 nitrogen and oxygen atoms in total. The van der Waals surface area contributed by atoms with E-state index in [1.807, 2.05) is 24.3 Å². The summed E-state index contributed by atoms with van der Waals surface area (Å²) in [5, 5.41) is 3.93. The minimum absolute atomic E-state index is 0.595. The number of methoxy groups -OCH3 is 1. The summed E-state index contributed by atoms with van der Waals surface area (Å²) in [5.41, 5.74) is 7.24. The summed E-state index contributed by atoms with van der Waals surface area (Å²) in [6.07, 6.45) is 1.61. The third-order valence-corrected chi connectivity index (χ3v) is 2.38. The van der Waals surface area contributed by atoms with Gasteiger partial charge in [0.05, 0.1) is 0 Å². The minimum atomic E-state index is 0.595. The molecular formula is C12H15N3O2. The number of hydrogen-bond donors (Lipinski definition) is 1. The molecule has 0 aliphatic heterocycles. The lowest BCUT2D eigenvalue weighted by Gasteiger charge is -1.95. The van der Waals surface area contributed by atoms with Crippen LogP contribution in [-0.2, 0) is 11.2 Å². The van der Waals surface area contributed by atoms with Crippen LogP contribution in [0.3, 0.4) is 0 Å². The predicted molar refractivity (Wildman–Crippen MR) is 64.3 cm³/mol. The standard InChI is InChI=1S/C12H15N3O2/c1-16-8-2-3-11-14-12(15-17-11)9-4-6-10(13)7-5-9/h4-7H,2-3,8,13H2,1H3. The first kappa shape index (κ1) is 11.6. The average molecular weight is 233 g/mol. The van der Waals surface area contributed by atoms with E-state index in [4.69, 9.17) is 15.0 Å². The van der Waals surface area contributed by atoms with Gasteiger partial charge in [0.1, 0.15) is 0 Å². The number of aromatic nitrogens is 2. The average Bonchev–Trinajstić information content (AvgIpc) is 2.79. The predicted octanol–water partition coefficient (Wildman–Crippen LogP) is 1.90. The van der Waals surface area contributed by atoms with Crippen LogP contribution >= 0.6 is 0 Å². The quantitative estimate of drug-likeness (QED) is 0.630. The van der Waals surface area contributed by atoms with Crippen LogP contribution in [0.25, 0.3) is 11.4 Å². The molecule has 0 radical (unpaired) electrons. The highest BCUT2D eigenvalue weighted by molar-refractivity contribution is 5.57. The first-order chi connectivity index (χ1) is 8.29. The number of anilines is 1. The van der Waals surface area contributed by atoms with Crippen LogP contribution in [0.4, 0.5) is 5.69 Å². The van der Waals surface area contributed by atoms with Crippen molar-refractivity contribution in [3.63, 3.8) is 0 Å². The fourth-order valence-electron chi connectivity index (χ4n) is 1.47. The van der Waals surface area contributed by atoms with E-state index < -0.39 is 0 Å². The van der Waals surface area contributed by atoms with Gasteiger partial charge in [-0.05, 0) is 30.7 Å². The van der Waals surface area contributed by atoms with E-state index in [2.05, 4.69) is 10.1 Å². The molecule has 0 aliphatic carbocycles. The zero-order valence-electron chi connectivity index (χ0n) is 9.72. The molecule has 2 rings (SSSR count). The highest BCUT2D eigenvalue weighted by Gasteiger charge is 2.07. The molecule has 0 bridgehead atoms. The monoisotopic (exact) mass is 233 g/mol. The van der Waals surface area contributed by atoms with Crippen LogP contribution in [0.5, 0.6) is 0 Å². The van der Waals surface area contributed by atoms with Crippen molar-refractivity contribution in [1.29, 1.82) is 0 Å². The number of benzene rings is 1. The van der Waals surface area contributed by atoms with Crippen LogP contribution in [0.2, 0.25) is 0 Å². The van der Waals surface area contributed by atoms with Crippen molar-refractivity contribution < 1.29 is 9.26 Å². The Morgan fingerprint density at radius 3 is 2.76 bits per heavy atom. The maximum atomic E-state index is 5.61.